The summed E-state index contributed by atoms with van der Waals surface area (Å²) in [5, 5.41) is 10.2. The van der Waals surface area contributed by atoms with Crippen molar-refractivity contribution in [1.29, 1.82) is 0 Å². The second kappa shape index (κ2) is 7.71. The molecule has 3 heteroatoms. The van der Waals surface area contributed by atoms with Crippen LogP contribution in [-0.2, 0) is 4.74 Å². The SMILES string of the molecule is C[C@H](OCCN(C)C)[C@H]1CC[C@H]2[C@@H]3CC=C4CC(O)CC[C@]4(C)[C@H]3CC[C@]12C. The molecule has 0 amide bonds. The highest BCUT2D eigenvalue weighted by Gasteiger charge is 2.59. The van der Waals surface area contributed by atoms with Crippen molar-refractivity contribution in [3.8, 4) is 0 Å². The van der Waals surface area contributed by atoms with E-state index in [1.165, 1.54) is 38.5 Å². The molecular formula is C25H43NO2. The molecule has 3 nitrogen and oxygen atoms in total. The number of aliphatic hydroxyl groups excluding tert-OH is 1. The van der Waals surface area contributed by atoms with Gasteiger partial charge in [0.15, 0.2) is 0 Å². The summed E-state index contributed by atoms with van der Waals surface area (Å²) in [7, 11) is 4.25. The predicted octanol–water partition coefficient (Wildman–Crippen LogP) is 4.89. The van der Waals surface area contributed by atoms with Gasteiger partial charge in [-0.3, -0.25) is 0 Å². The average molecular weight is 390 g/mol. The Kier molecular flexibility index (Phi) is 5.74. The molecule has 0 aliphatic heterocycles. The van der Waals surface area contributed by atoms with E-state index in [2.05, 4.69) is 45.8 Å². The quantitative estimate of drug-likeness (QED) is 0.679. The van der Waals surface area contributed by atoms with Crippen LogP contribution in [0.2, 0.25) is 0 Å². The minimum Gasteiger partial charge on any atom is -0.393 e. The third kappa shape index (κ3) is 3.40. The molecule has 3 fully saturated rings. The standard InChI is InChI=1S/C25H43NO2/c1-17(28-15-14-26(4)5)21-8-9-22-20-7-6-18-16-19(27)10-12-24(18,2)23(20)11-13-25(21,22)3/h6,17,19-23,27H,7-16H2,1-5H3/t17-,19?,20-,21+,22-,23-,24-,25+/m0/s1. The van der Waals surface area contributed by atoms with Crippen LogP contribution in [0.3, 0.4) is 0 Å². The average Bonchev–Trinajstić information content (AvgIpc) is 2.99. The van der Waals surface area contributed by atoms with E-state index in [9.17, 15) is 5.11 Å². The molecule has 0 radical (unpaired) electrons. The van der Waals surface area contributed by atoms with Crippen molar-refractivity contribution in [2.24, 2.45) is 34.5 Å². The molecule has 0 aromatic rings. The topological polar surface area (TPSA) is 32.7 Å². The van der Waals surface area contributed by atoms with Crippen molar-refractivity contribution >= 4 is 0 Å². The number of nitrogens with zero attached hydrogens (tertiary/aromatic N) is 1. The molecular weight excluding hydrogens is 346 g/mol. The fraction of sp³-hybridized carbons (Fsp3) is 0.920. The number of fused-ring (bicyclic) bond motifs is 5. The lowest BCUT2D eigenvalue weighted by Gasteiger charge is -2.58. The van der Waals surface area contributed by atoms with Gasteiger partial charge in [0.25, 0.3) is 0 Å². The smallest absolute Gasteiger partial charge is 0.0596 e. The van der Waals surface area contributed by atoms with Gasteiger partial charge in [0.05, 0.1) is 18.8 Å². The van der Waals surface area contributed by atoms with Crippen LogP contribution in [-0.4, -0.2) is 49.5 Å². The third-order valence-corrected chi connectivity index (χ3v) is 9.64. The lowest BCUT2D eigenvalue weighted by Crippen LogP contribution is -2.51. The molecule has 1 N–H and O–H groups in total. The molecule has 4 aliphatic rings. The number of hydrogen-bond acceptors (Lipinski definition) is 3. The maximum absolute atomic E-state index is 10.2. The van der Waals surface area contributed by atoms with Gasteiger partial charge < -0.3 is 14.7 Å². The van der Waals surface area contributed by atoms with E-state index in [1.54, 1.807) is 5.57 Å². The fourth-order valence-electron chi connectivity index (χ4n) is 7.99. The summed E-state index contributed by atoms with van der Waals surface area (Å²) in [4.78, 5) is 2.21. The van der Waals surface area contributed by atoms with E-state index in [0.29, 0.717) is 22.9 Å². The number of ether oxygens (including phenoxy) is 1. The van der Waals surface area contributed by atoms with Crippen LogP contribution in [0, 0.1) is 34.5 Å². The second-order valence-corrected chi connectivity index (χ2v) is 11.3. The Hall–Kier alpha value is -0.380. The number of aliphatic hydroxyl groups is 1. The highest BCUT2D eigenvalue weighted by atomic mass is 16.5. The molecule has 0 aromatic carbocycles. The van der Waals surface area contributed by atoms with Gasteiger partial charge in [-0.25, -0.2) is 0 Å². The Balaban J connectivity index is 1.49. The molecule has 4 rings (SSSR count). The first-order chi connectivity index (χ1) is 13.3. The largest absolute Gasteiger partial charge is 0.393 e. The Morgan fingerprint density at radius 1 is 1.14 bits per heavy atom. The summed E-state index contributed by atoms with van der Waals surface area (Å²) in [5.41, 5.74) is 2.40. The van der Waals surface area contributed by atoms with Crippen molar-refractivity contribution < 1.29 is 9.84 Å². The van der Waals surface area contributed by atoms with E-state index in [0.717, 1.165) is 43.7 Å². The van der Waals surface area contributed by atoms with Crippen LogP contribution < -0.4 is 0 Å². The van der Waals surface area contributed by atoms with Crippen LogP contribution >= 0.6 is 0 Å². The van der Waals surface area contributed by atoms with E-state index in [-0.39, 0.29) is 6.10 Å². The molecule has 4 aliphatic carbocycles. The first-order valence-electron chi connectivity index (χ1n) is 11.9. The highest BCUT2D eigenvalue weighted by molar-refractivity contribution is 5.25. The van der Waals surface area contributed by atoms with Gasteiger partial charge in [-0.15, -0.1) is 0 Å². The van der Waals surface area contributed by atoms with Gasteiger partial charge in [-0.05, 0) is 107 Å². The monoisotopic (exact) mass is 389 g/mol. The van der Waals surface area contributed by atoms with Crippen LogP contribution in [0.15, 0.2) is 11.6 Å². The van der Waals surface area contributed by atoms with Crippen LogP contribution in [0.5, 0.6) is 0 Å². The Bertz CT molecular complexity index is 601. The molecule has 28 heavy (non-hydrogen) atoms. The first kappa shape index (κ1) is 20.9. The molecule has 8 atom stereocenters. The molecule has 0 saturated heterocycles. The number of rotatable bonds is 5. The molecule has 0 bridgehead atoms. The van der Waals surface area contributed by atoms with Crippen molar-refractivity contribution in [1.82, 2.24) is 4.90 Å². The van der Waals surface area contributed by atoms with E-state index in [1.807, 2.05) is 0 Å². The molecule has 1 unspecified atom stereocenters. The van der Waals surface area contributed by atoms with Crippen molar-refractivity contribution in [2.45, 2.75) is 84.3 Å². The molecule has 0 heterocycles. The normalized spacial score (nSPS) is 46.5. The summed E-state index contributed by atoms with van der Waals surface area (Å²) < 4.78 is 6.32. The predicted molar refractivity (Wildman–Crippen MR) is 115 cm³/mol. The summed E-state index contributed by atoms with van der Waals surface area (Å²) in [6, 6.07) is 0. The Morgan fingerprint density at radius 3 is 2.68 bits per heavy atom. The van der Waals surface area contributed by atoms with Gasteiger partial charge in [0, 0.05) is 6.54 Å². The van der Waals surface area contributed by atoms with Gasteiger partial charge in [-0.2, -0.15) is 0 Å². The maximum Gasteiger partial charge on any atom is 0.0596 e. The van der Waals surface area contributed by atoms with Crippen molar-refractivity contribution in [3.63, 3.8) is 0 Å². The summed E-state index contributed by atoms with van der Waals surface area (Å²) in [6.45, 7) is 9.33. The van der Waals surface area contributed by atoms with Gasteiger partial charge in [0.1, 0.15) is 0 Å². The Morgan fingerprint density at radius 2 is 1.93 bits per heavy atom. The fourth-order valence-corrected chi connectivity index (χ4v) is 7.99. The first-order valence-corrected chi connectivity index (χ1v) is 11.9. The van der Waals surface area contributed by atoms with E-state index < -0.39 is 0 Å². The van der Waals surface area contributed by atoms with Crippen molar-refractivity contribution in [3.05, 3.63) is 11.6 Å². The molecule has 0 spiro atoms. The van der Waals surface area contributed by atoms with Gasteiger partial charge in [-0.1, -0.05) is 25.5 Å². The van der Waals surface area contributed by atoms with Crippen LogP contribution in [0.4, 0.5) is 0 Å². The zero-order valence-electron chi connectivity index (χ0n) is 18.9. The second-order valence-electron chi connectivity index (χ2n) is 11.3. The van der Waals surface area contributed by atoms with Gasteiger partial charge in [0.2, 0.25) is 0 Å². The summed E-state index contributed by atoms with van der Waals surface area (Å²) in [6.07, 6.45) is 12.7. The number of likely N-dealkylation sites (N-methyl/N-ethyl adjacent to an activating group) is 1. The molecule has 3 saturated carbocycles. The van der Waals surface area contributed by atoms with Crippen LogP contribution in [0.1, 0.15) is 72.1 Å². The summed E-state index contributed by atoms with van der Waals surface area (Å²) in [5.74, 6) is 3.26. The minimum atomic E-state index is -0.0965. The zero-order chi connectivity index (χ0) is 20.1. The minimum absolute atomic E-state index is 0.0965. The van der Waals surface area contributed by atoms with E-state index >= 15 is 0 Å². The van der Waals surface area contributed by atoms with Gasteiger partial charge >= 0.3 is 0 Å². The molecule has 160 valence electrons. The number of hydrogen-bond donors (Lipinski definition) is 1. The highest BCUT2D eigenvalue weighted by Crippen LogP contribution is 2.66. The zero-order valence-corrected chi connectivity index (χ0v) is 18.9. The third-order valence-electron chi connectivity index (χ3n) is 9.64. The van der Waals surface area contributed by atoms with Crippen LogP contribution in [0.25, 0.3) is 0 Å². The maximum atomic E-state index is 10.2. The lowest BCUT2D eigenvalue weighted by atomic mass is 9.47. The number of allylic oxidation sites excluding steroid dienone is 1. The Labute approximate surface area is 172 Å². The lowest BCUT2D eigenvalue weighted by molar-refractivity contribution is -0.0819. The van der Waals surface area contributed by atoms with E-state index in [4.69, 9.17) is 4.74 Å². The molecule has 0 aromatic heterocycles. The summed E-state index contributed by atoms with van der Waals surface area (Å²) >= 11 is 0. The van der Waals surface area contributed by atoms with Crippen molar-refractivity contribution in [2.75, 3.05) is 27.2 Å².